The van der Waals surface area contributed by atoms with Gasteiger partial charge < -0.3 is 5.32 Å². The molecule has 10 heteroatoms. The van der Waals surface area contributed by atoms with Gasteiger partial charge in [0.1, 0.15) is 16.9 Å². The van der Waals surface area contributed by atoms with Crippen LogP contribution in [0.25, 0.3) is 39.2 Å². The van der Waals surface area contributed by atoms with Gasteiger partial charge in [-0.1, -0.05) is 12.1 Å². The summed E-state index contributed by atoms with van der Waals surface area (Å²) in [5, 5.41) is 16.3. The average Bonchev–Trinajstić information content (AvgIpc) is 3.32. The zero-order chi connectivity index (χ0) is 20.0. The normalized spacial score (nSPS) is 11.2. The third-order valence-corrected chi connectivity index (χ3v) is 4.45. The van der Waals surface area contributed by atoms with E-state index >= 15 is 0 Å². The Labute approximate surface area is 162 Å². The van der Waals surface area contributed by atoms with Crippen molar-refractivity contribution in [3.8, 4) is 22.5 Å². The molecular weight excluding hydrogens is 372 g/mol. The Hall–Kier alpha value is -4.34. The lowest BCUT2D eigenvalue weighted by Gasteiger charge is -2.04. The van der Waals surface area contributed by atoms with E-state index in [2.05, 4.69) is 35.8 Å². The number of benzene rings is 1. The third-order valence-electron chi connectivity index (χ3n) is 4.45. The lowest BCUT2D eigenvalue weighted by atomic mass is 10.1. The zero-order valence-electron chi connectivity index (χ0n) is 15.2. The minimum atomic E-state index is -0.320. The number of fused-ring (bicyclic) bond motifs is 2. The summed E-state index contributed by atoms with van der Waals surface area (Å²) in [5.41, 5.74) is 3.73. The van der Waals surface area contributed by atoms with Crippen molar-refractivity contribution >= 4 is 28.4 Å². The predicted octanol–water partition coefficient (Wildman–Crippen LogP) is 1.98. The molecule has 0 aliphatic carbocycles. The number of amides is 1. The second-order valence-electron chi connectivity index (χ2n) is 6.42. The van der Waals surface area contributed by atoms with Crippen molar-refractivity contribution in [2.24, 2.45) is 0 Å². The van der Waals surface area contributed by atoms with Crippen LogP contribution in [-0.4, -0.2) is 40.9 Å². The summed E-state index contributed by atoms with van der Waals surface area (Å²) in [5.74, 6) is 0.0726. The van der Waals surface area contributed by atoms with E-state index < -0.39 is 0 Å². The minimum Gasteiger partial charge on any atom is -0.311 e. The lowest BCUT2D eigenvalue weighted by Crippen LogP contribution is -2.15. The first-order chi connectivity index (χ1) is 14.1. The lowest BCUT2D eigenvalue weighted by molar-refractivity contribution is -0.114. The van der Waals surface area contributed by atoms with Crippen LogP contribution in [0, 0.1) is 0 Å². The van der Waals surface area contributed by atoms with Gasteiger partial charge in [-0.2, -0.15) is 19.9 Å². The number of aromatic amines is 2. The highest BCUT2D eigenvalue weighted by Gasteiger charge is 2.19. The van der Waals surface area contributed by atoms with Gasteiger partial charge in [-0.25, -0.2) is 4.98 Å². The van der Waals surface area contributed by atoms with E-state index in [9.17, 15) is 9.59 Å². The Balaban J connectivity index is 1.78. The van der Waals surface area contributed by atoms with E-state index in [0.29, 0.717) is 33.9 Å². The summed E-state index contributed by atoms with van der Waals surface area (Å²) < 4.78 is 1.29. The van der Waals surface area contributed by atoms with Gasteiger partial charge in [0, 0.05) is 24.8 Å². The zero-order valence-corrected chi connectivity index (χ0v) is 15.2. The molecule has 0 saturated carbocycles. The van der Waals surface area contributed by atoms with Gasteiger partial charge in [-0.05, 0) is 24.3 Å². The largest absolute Gasteiger partial charge is 0.311 e. The summed E-state index contributed by atoms with van der Waals surface area (Å²) in [6, 6.07) is 12.2. The number of aromatic nitrogens is 7. The fourth-order valence-electron chi connectivity index (χ4n) is 3.20. The maximum atomic E-state index is 12.8. The molecule has 29 heavy (non-hydrogen) atoms. The number of pyridine rings is 1. The number of H-pyrrole nitrogens is 2. The van der Waals surface area contributed by atoms with Gasteiger partial charge >= 0.3 is 0 Å². The molecule has 1 aromatic carbocycles. The Morgan fingerprint density at radius 2 is 1.93 bits per heavy atom. The van der Waals surface area contributed by atoms with Crippen LogP contribution in [-0.2, 0) is 4.79 Å². The van der Waals surface area contributed by atoms with Gasteiger partial charge in [0.25, 0.3) is 5.56 Å². The van der Waals surface area contributed by atoms with Crippen molar-refractivity contribution in [1.82, 2.24) is 35.0 Å². The number of rotatable bonds is 3. The first-order valence-corrected chi connectivity index (χ1v) is 8.76. The summed E-state index contributed by atoms with van der Waals surface area (Å²) in [6.07, 6.45) is 1.64. The van der Waals surface area contributed by atoms with E-state index in [1.54, 1.807) is 30.5 Å². The van der Waals surface area contributed by atoms with Crippen LogP contribution in [0.4, 0.5) is 5.82 Å². The van der Waals surface area contributed by atoms with Crippen LogP contribution >= 0.6 is 0 Å². The standard InChI is InChI=1S/C19H14N8O2/c1-10(28)21-18-17(13-4-2-3-7-20-13)19-22-14(9-16(29)27(19)25-18)11-5-6-12-15(8-11)24-26-23-12/h2-9,25H,1H3,(H,21,28)(H,23,24,26). The first kappa shape index (κ1) is 16.8. The molecule has 0 saturated heterocycles. The molecule has 0 radical (unpaired) electrons. The number of nitrogens with zero attached hydrogens (tertiary/aromatic N) is 5. The van der Waals surface area contributed by atoms with Crippen LogP contribution < -0.4 is 10.9 Å². The Morgan fingerprint density at radius 3 is 2.72 bits per heavy atom. The molecule has 4 aromatic heterocycles. The van der Waals surface area contributed by atoms with Gasteiger partial charge in [-0.15, -0.1) is 0 Å². The minimum absolute atomic E-state index is 0.279. The average molecular weight is 386 g/mol. The molecule has 4 heterocycles. The van der Waals surface area contributed by atoms with E-state index in [4.69, 9.17) is 0 Å². The van der Waals surface area contributed by atoms with Crippen LogP contribution in [0.5, 0.6) is 0 Å². The molecule has 3 N–H and O–H groups in total. The summed E-state index contributed by atoms with van der Waals surface area (Å²) in [6.45, 7) is 1.39. The molecular formula is C19H14N8O2. The second kappa shape index (κ2) is 6.37. The van der Waals surface area contributed by atoms with E-state index in [1.165, 1.54) is 17.5 Å². The molecule has 10 nitrogen and oxygen atoms in total. The fourth-order valence-corrected chi connectivity index (χ4v) is 3.20. The number of nitrogens with one attached hydrogen (secondary N) is 3. The van der Waals surface area contributed by atoms with Gasteiger partial charge in [-0.3, -0.25) is 19.7 Å². The van der Waals surface area contributed by atoms with Gasteiger partial charge in [0.15, 0.2) is 5.65 Å². The topological polar surface area (TPSA) is 134 Å². The number of anilines is 1. The van der Waals surface area contributed by atoms with Crippen molar-refractivity contribution in [2.45, 2.75) is 6.92 Å². The van der Waals surface area contributed by atoms with Crippen LogP contribution in [0.2, 0.25) is 0 Å². The molecule has 0 atom stereocenters. The first-order valence-electron chi connectivity index (χ1n) is 8.76. The summed E-state index contributed by atoms with van der Waals surface area (Å²) in [7, 11) is 0. The van der Waals surface area contributed by atoms with Gasteiger partial charge in [0.2, 0.25) is 5.91 Å². The molecule has 5 rings (SSSR count). The molecule has 142 valence electrons. The van der Waals surface area contributed by atoms with E-state index in [-0.39, 0.29) is 11.5 Å². The maximum Gasteiger partial charge on any atom is 0.273 e. The van der Waals surface area contributed by atoms with Gasteiger partial charge in [0.05, 0.1) is 17.0 Å². The fraction of sp³-hybridized carbons (Fsp3) is 0.0526. The number of hydrogen-bond acceptors (Lipinski definition) is 6. The number of carbonyl (C=O) groups is 1. The highest BCUT2D eigenvalue weighted by Crippen LogP contribution is 2.30. The molecule has 0 unspecified atom stereocenters. The molecule has 1 amide bonds. The van der Waals surface area contributed by atoms with Crippen LogP contribution in [0.15, 0.2) is 53.5 Å². The monoisotopic (exact) mass is 386 g/mol. The van der Waals surface area contributed by atoms with Crippen molar-refractivity contribution in [3.63, 3.8) is 0 Å². The van der Waals surface area contributed by atoms with E-state index in [0.717, 1.165) is 11.1 Å². The number of hydrogen-bond donors (Lipinski definition) is 3. The van der Waals surface area contributed by atoms with Crippen LogP contribution in [0.3, 0.4) is 0 Å². The van der Waals surface area contributed by atoms with Crippen molar-refractivity contribution in [1.29, 1.82) is 0 Å². The van der Waals surface area contributed by atoms with Crippen molar-refractivity contribution in [3.05, 3.63) is 59.0 Å². The molecule has 0 bridgehead atoms. The summed E-state index contributed by atoms with van der Waals surface area (Å²) in [4.78, 5) is 33.5. The second-order valence-corrected chi connectivity index (χ2v) is 6.42. The van der Waals surface area contributed by atoms with E-state index in [1.807, 2.05) is 12.1 Å². The number of carbonyl (C=O) groups excluding carboxylic acids is 1. The highest BCUT2D eigenvalue weighted by atomic mass is 16.1. The third kappa shape index (κ3) is 2.83. The highest BCUT2D eigenvalue weighted by molar-refractivity contribution is 5.96. The Morgan fingerprint density at radius 1 is 1.07 bits per heavy atom. The molecule has 0 spiro atoms. The van der Waals surface area contributed by atoms with Crippen molar-refractivity contribution < 1.29 is 4.79 Å². The molecule has 0 aliphatic heterocycles. The molecule has 0 aliphatic rings. The molecule has 5 aromatic rings. The Kier molecular flexibility index (Phi) is 3.69. The quantitative estimate of drug-likeness (QED) is 0.434. The molecule has 0 fully saturated rings. The van der Waals surface area contributed by atoms with Crippen molar-refractivity contribution in [2.75, 3.05) is 5.32 Å². The predicted molar refractivity (Wildman–Crippen MR) is 106 cm³/mol. The Bertz CT molecular complexity index is 1430. The SMILES string of the molecule is CC(=O)Nc1[nH]n2c(=O)cc(-c3ccc4n[nH]nc4c3)nc2c1-c1ccccn1. The maximum absolute atomic E-state index is 12.8. The smallest absolute Gasteiger partial charge is 0.273 e. The summed E-state index contributed by atoms with van der Waals surface area (Å²) >= 11 is 0. The van der Waals surface area contributed by atoms with Crippen LogP contribution in [0.1, 0.15) is 6.92 Å².